The number of aryl methyl sites for hydroxylation is 1. The molecule has 3 rings (SSSR count). The molecule has 4 heteroatoms. The Morgan fingerprint density at radius 1 is 1.40 bits per heavy atom. The Morgan fingerprint density at radius 2 is 2.15 bits per heavy atom. The highest BCUT2D eigenvalue weighted by molar-refractivity contribution is 9.10. The van der Waals surface area contributed by atoms with Gasteiger partial charge in [-0.2, -0.15) is 0 Å². The Hall–Kier alpha value is -0.540. The smallest absolute Gasteiger partial charge is 0.111 e. The largest absolute Gasteiger partial charge is 0.327 e. The highest BCUT2D eigenvalue weighted by Gasteiger charge is 2.46. The van der Waals surface area contributed by atoms with E-state index in [0.29, 0.717) is 11.3 Å². The van der Waals surface area contributed by atoms with Gasteiger partial charge in [-0.1, -0.05) is 29.8 Å². The van der Waals surface area contributed by atoms with Gasteiger partial charge in [0, 0.05) is 23.3 Å². The van der Waals surface area contributed by atoms with Crippen LogP contribution in [0.1, 0.15) is 32.5 Å². The SMILES string of the molecule is CC(C)C1(Cn2c(CCCl)nc3ccc(Br)cc32)CC1. The maximum Gasteiger partial charge on any atom is 0.111 e. The van der Waals surface area contributed by atoms with Crippen LogP contribution in [0.2, 0.25) is 0 Å². The number of fused-ring (bicyclic) bond motifs is 1. The van der Waals surface area contributed by atoms with Crippen LogP contribution in [0.15, 0.2) is 22.7 Å². The maximum atomic E-state index is 5.95. The first kappa shape index (κ1) is 14.4. The Balaban J connectivity index is 2.06. The third kappa shape index (κ3) is 2.50. The fraction of sp³-hybridized carbons (Fsp3) is 0.562. The molecule has 1 aliphatic carbocycles. The molecule has 0 amide bonds. The molecule has 1 saturated carbocycles. The second kappa shape index (κ2) is 5.34. The summed E-state index contributed by atoms with van der Waals surface area (Å²) in [5.41, 5.74) is 2.77. The topological polar surface area (TPSA) is 17.8 Å². The van der Waals surface area contributed by atoms with Crippen LogP contribution in [0.25, 0.3) is 11.0 Å². The van der Waals surface area contributed by atoms with Gasteiger partial charge >= 0.3 is 0 Å². The van der Waals surface area contributed by atoms with Crippen molar-refractivity contribution in [3.8, 4) is 0 Å². The lowest BCUT2D eigenvalue weighted by atomic mass is 9.92. The standard InChI is InChI=1S/C16H20BrClN2/c1-11(2)16(6-7-16)10-20-14-9-12(17)3-4-13(14)19-15(20)5-8-18/h3-4,9,11H,5-8,10H2,1-2H3. The summed E-state index contributed by atoms with van der Waals surface area (Å²) < 4.78 is 3.51. The average molecular weight is 356 g/mol. The van der Waals surface area contributed by atoms with Gasteiger partial charge in [0.05, 0.1) is 11.0 Å². The van der Waals surface area contributed by atoms with Gasteiger partial charge < -0.3 is 4.57 Å². The third-order valence-electron chi connectivity index (χ3n) is 4.70. The molecule has 1 aromatic carbocycles. The molecule has 108 valence electrons. The first-order chi connectivity index (χ1) is 9.55. The van der Waals surface area contributed by atoms with E-state index in [1.165, 1.54) is 18.4 Å². The predicted molar refractivity (Wildman–Crippen MR) is 88.4 cm³/mol. The summed E-state index contributed by atoms with van der Waals surface area (Å²) in [5.74, 6) is 2.47. The molecule has 2 aromatic rings. The van der Waals surface area contributed by atoms with Crippen molar-refractivity contribution in [2.24, 2.45) is 11.3 Å². The van der Waals surface area contributed by atoms with Crippen molar-refractivity contribution in [2.75, 3.05) is 5.88 Å². The molecular weight excluding hydrogens is 336 g/mol. The summed E-state index contributed by atoms with van der Waals surface area (Å²) in [6.07, 6.45) is 3.50. The third-order valence-corrected chi connectivity index (χ3v) is 5.38. The van der Waals surface area contributed by atoms with Gasteiger partial charge in [-0.3, -0.25) is 0 Å². The van der Waals surface area contributed by atoms with Gasteiger partial charge in [0.15, 0.2) is 0 Å². The van der Waals surface area contributed by atoms with Crippen LogP contribution >= 0.6 is 27.5 Å². The van der Waals surface area contributed by atoms with E-state index >= 15 is 0 Å². The zero-order chi connectivity index (χ0) is 14.3. The van der Waals surface area contributed by atoms with E-state index in [-0.39, 0.29) is 0 Å². The summed E-state index contributed by atoms with van der Waals surface area (Å²) >= 11 is 9.53. The number of hydrogen-bond acceptors (Lipinski definition) is 1. The molecule has 0 bridgehead atoms. The van der Waals surface area contributed by atoms with Gasteiger partial charge in [0.1, 0.15) is 5.82 Å². The molecule has 1 aromatic heterocycles. The summed E-state index contributed by atoms with van der Waals surface area (Å²) in [6, 6.07) is 6.32. The van der Waals surface area contributed by atoms with Crippen molar-refractivity contribution in [2.45, 2.75) is 39.7 Å². The fourth-order valence-corrected chi connectivity index (χ4v) is 3.51. The molecular formula is C16H20BrClN2. The van der Waals surface area contributed by atoms with Crippen molar-refractivity contribution < 1.29 is 0 Å². The van der Waals surface area contributed by atoms with Crippen LogP contribution in [0.5, 0.6) is 0 Å². The highest BCUT2D eigenvalue weighted by Crippen LogP contribution is 2.53. The molecule has 1 heterocycles. The summed E-state index contributed by atoms with van der Waals surface area (Å²) in [5, 5.41) is 0. The zero-order valence-electron chi connectivity index (χ0n) is 12.0. The van der Waals surface area contributed by atoms with Crippen LogP contribution < -0.4 is 0 Å². The molecule has 0 spiro atoms. The maximum absolute atomic E-state index is 5.95. The van der Waals surface area contributed by atoms with Crippen LogP contribution in [0.4, 0.5) is 0 Å². The number of halogens is 2. The average Bonchev–Trinajstić information content (AvgIpc) is 3.12. The molecule has 1 aliphatic rings. The summed E-state index contributed by atoms with van der Waals surface area (Å²) in [7, 11) is 0. The van der Waals surface area contributed by atoms with Gasteiger partial charge in [0.25, 0.3) is 0 Å². The lowest BCUT2D eigenvalue weighted by molar-refractivity contribution is 0.309. The molecule has 0 atom stereocenters. The fourth-order valence-electron chi connectivity index (χ4n) is 2.99. The van der Waals surface area contributed by atoms with E-state index in [2.05, 4.69) is 52.5 Å². The van der Waals surface area contributed by atoms with Crippen LogP contribution in [0.3, 0.4) is 0 Å². The van der Waals surface area contributed by atoms with Crippen molar-refractivity contribution in [3.63, 3.8) is 0 Å². The van der Waals surface area contributed by atoms with Gasteiger partial charge in [-0.15, -0.1) is 11.6 Å². The first-order valence-corrected chi connectivity index (χ1v) is 8.59. The van der Waals surface area contributed by atoms with Crippen LogP contribution in [-0.4, -0.2) is 15.4 Å². The second-order valence-corrected chi connectivity index (χ2v) is 7.50. The lowest BCUT2D eigenvalue weighted by Gasteiger charge is -2.22. The van der Waals surface area contributed by atoms with Gasteiger partial charge in [-0.25, -0.2) is 4.98 Å². The number of aromatic nitrogens is 2. The number of rotatable bonds is 5. The number of hydrogen-bond donors (Lipinski definition) is 0. The molecule has 0 saturated heterocycles. The minimum Gasteiger partial charge on any atom is -0.327 e. The molecule has 0 aliphatic heterocycles. The molecule has 1 fully saturated rings. The van der Waals surface area contributed by atoms with E-state index < -0.39 is 0 Å². The number of imidazole rings is 1. The van der Waals surface area contributed by atoms with E-state index in [1.807, 2.05) is 0 Å². The van der Waals surface area contributed by atoms with Crippen molar-refractivity contribution >= 4 is 38.6 Å². The normalized spacial score (nSPS) is 17.1. The van der Waals surface area contributed by atoms with Crippen molar-refractivity contribution in [1.29, 1.82) is 0 Å². The molecule has 0 N–H and O–H groups in total. The Labute approximate surface area is 133 Å². The Kier molecular flexibility index (Phi) is 3.85. The first-order valence-electron chi connectivity index (χ1n) is 7.26. The van der Waals surface area contributed by atoms with E-state index in [9.17, 15) is 0 Å². The molecule has 20 heavy (non-hydrogen) atoms. The van der Waals surface area contributed by atoms with Crippen molar-refractivity contribution in [1.82, 2.24) is 9.55 Å². The minimum atomic E-state index is 0.469. The number of benzene rings is 1. The van der Waals surface area contributed by atoms with Crippen molar-refractivity contribution in [3.05, 3.63) is 28.5 Å². The van der Waals surface area contributed by atoms with E-state index in [0.717, 1.165) is 34.7 Å². The molecule has 2 nitrogen and oxygen atoms in total. The monoisotopic (exact) mass is 354 g/mol. The molecule has 0 unspecified atom stereocenters. The second-order valence-electron chi connectivity index (χ2n) is 6.20. The number of nitrogens with zero attached hydrogens (tertiary/aromatic N) is 2. The van der Waals surface area contributed by atoms with E-state index in [4.69, 9.17) is 16.6 Å². The summed E-state index contributed by atoms with van der Waals surface area (Å²) in [6.45, 7) is 5.75. The lowest BCUT2D eigenvalue weighted by Crippen LogP contribution is -2.19. The minimum absolute atomic E-state index is 0.469. The van der Waals surface area contributed by atoms with Gasteiger partial charge in [0.2, 0.25) is 0 Å². The quantitative estimate of drug-likeness (QED) is 0.689. The van der Waals surface area contributed by atoms with E-state index in [1.54, 1.807) is 0 Å². The zero-order valence-corrected chi connectivity index (χ0v) is 14.3. The Morgan fingerprint density at radius 3 is 2.75 bits per heavy atom. The van der Waals surface area contributed by atoms with Crippen LogP contribution in [-0.2, 0) is 13.0 Å². The Bertz CT molecular complexity index is 629. The predicted octanol–water partition coefficient (Wildman–Crippen LogP) is 5.02. The van der Waals surface area contributed by atoms with Gasteiger partial charge in [-0.05, 0) is 42.4 Å². The van der Waals surface area contributed by atoms with Crippen LogP contribution in [0, 0.1) is 11.3 Å². The summed E-state index contributed by atoms with van der Waals surface area (Å²) in [4.78, 5) is 4.77. The highest BCUT2D eigenvalue weighted by atomic mass is 79.9. The number of alkyl halides is 1. The molecule has 0 radical (unpaired) electrons.